The summed E-state index contributed by atoms with van der Waals surface area (Å²) in [4.78, 5) is 29.8. The normalized spacial score (nSPS) is 15.3. The summed E-state index contributed by atoms with van der Waals surface area (Å²) in [5.74, 6) is -0.704. The first-order chi connectivity index (χ1) is 15.8. The Bertz CT molecular complexity index is 1150. The molecule has 8 heteroatoms. The maximum Gasteiger partial charge on any atom is 0.322 e. The molecule has 3 amide bonds. The molecular formula is C25H26ClFN4O2. The second kappa shape index (κ2) is 9.67. The molecule has 1 aromatic heterocycles. The van der Waals surface area contributed by atoms with Gasteiger partial charge in [-0.15, -0.1) is 0 Å². The van der Waals surface area contributed by atoms with Crippen LogP contribution in [0.3, 0.4) is 0 Å². The number of benzene rings is 2. The minimum absolute atomic E-state index is 0.0809. The average molecular weight is 469 g/mol. The third-order valence-corrected chi connectivity index (χ3v) is 6.12. The number of carbonyl (C=O) groups excluding carboxylic acids is 2. The topological polar surface area (TPSA) is 57.6 Å². The lowest BCUT2D eigenvalue weighted by Crippen LogP contribution is -2.50. The molecule has 2 heterocycles. The lowest BCUT2D eigenvalue weighted by Gasteiger charge is -2.39. The molecule has 1 unspecified atom stereocenters. The maximum absolute atomic E-state index is 13.5. The molecule has 1 aliphatic heterocycles. The summed E-state index contributed by atoms with van der Waals surface area (Å²) in [6.45, 7) is 4.85. The minimum Gasteiger partial charge on any atom is -0.348 e. The molecule has 0 saturated carbocycles. The number of aromatic nitrogens is 1. The molecule has 6 nitrogen and oxygen atoms in total. The number of hydrogen-bond donors (Lipinski definition) is 1. The van der Waals surface area contributed by atoms with Crippen molar-refractivity contribution in [3.8, 4) is 0 Å². The summed E-state index contributed by atoms with van der Waals surface area (Å²) < 4.78 is 15.6. The molecule has 0 bridgehead atoms. The fraction of sp³-hybridized carbons (Fsp3) is 0.280. The Hall–Kier alpha value is -3.32. The molecule has 4 rings (SSSR count). The predicted molar refractivity (Wildman–Crippen MR) is 127 cm³/mol. The zero-order valence-electron chi connectivity index (χ0n) is 18.5. The van der Waals surface area contributed by atoms with E-state index >= 15 is 0 Å². The summed E-state index contributed by atoms with van der Waals surface area (Å²) in [5.41, 5.74) is 2.43. The van der Waals surface area contributed by atoms with Crippen molar-refractivity contribution in [1.29, 1.82) is 0 Å². The lowest BCUT2D eigenvalue weighted by atomic mass is 10.00. The number of nitrogens with one attached hydrogen (secondary N) is 1. The SMILES string of the molecule is CC(C)N(CC(=O)N1CCn2cccc2C1c1ccccc1)C(=O)Nc1ccc(F)c(Cl)c1. The number of fused-ring (bicyclic) bond motifs is 1. The van der Waals surface area contributed by atoms with E-state index in [4.69, 9.17) is 11.6 Å². The summed E-state index contributed by atoms with van der Waals surface area (Å²) in [5, 5.41) is 2.63. The highest BCUT2D eigenvalue weighted by molar-refractivity contribution is 6.31. The molecular weight excluding hydrogens is 443 g/mol. The number of amides is 3. The summed E-state index contributed by atoms with van der Waals surface area (Å²) in [6.07, 6.45) is 2.02. The average Bonchev–Trinajstić information content (AvgIpc) is 3.28. The van der Waals surface area contributed by atoms with Crippen molar-refractivity contribution in [2.75, 3.05) is 18.4 Å². The number of nitrogens with zero attached hydrogens (tertiary/aromatic N) is 3. The van der Waals surface area contributed by atoms with Crippen LogP contribution in [0, 0.1) is 5.82 Å². The van der Waals surface area contributed by atoms with Crippen LogP contribution >= 0.6 is 11.6 Å². The van der Waals surface area contributed by atoms with Crippen molar-refractivity contribution in [2.45, 2.75) is 32.5 Å². The van der Waals surface area contributed by atoms with Gasteiger partial charge in [-0.05, 0) is 49.7 Å². The van der Waals surface area contributed by atoms with Gasteiger partial charge in [0.1, 0.15) is 12.4 Å². The van der Waals surface area contributed by atoms with Crippen LogP contribution in [0.5, 0.6) is 0 Å². The smallest absolute Gasteiger partial charge is 0.322 e. The Morgan fingerprint density at radius 3 is 2.58 bits per heavy atom. The van der Waals surface area contributed by atoms with Crippen LogP contribution in [-0.4, -0.2) is 45.4 Å². The molecule has 3 aromatic rings. The monoisotopic (exact) mass is 468 g/mol. The molecule has 0 spiro atoms. The van der Waals surface area contributed by atoms with Gasteiger partial charge < -0.3 is 19.7 Å². The standard InChI is InChI=1S/C25H26ClFN4O2/c1-17(2)31(25(33)28-19-10-11-21(27)20(26)15-19)16-23(32)30-14-13-29-12-6-9-22(29)24(30)18-7-4-3-5-8-18/h3-12,15,17,24H,13-14,16H2,1-2H3,(H,28,33). The highest BCUT2D eigenvalue weighted by atomic mass is 35.5. The maximum atomic E-state index is 13.5. The van der Waals surface area contributed by atoms with Crippen molar-refractivity contribution >= 4 is 29.2 Å². The summed E-state index contributed by atoms with van der Waals surface area (Å²) in [7, 11) is 0. The molecule has 0 aliphatic carbocycles. The van der Waals surface area contributed by atoms with Gasteiger partial charge in [0, 0.05) is 36.7 Å². The highest BCUT2D eigenvalue weighted by Crippen LogP contribution is 2.32. The van der Waals surface area contributed by atoms with Crippen LogP contribution in [-0.2, 0) is 11.3 Å². The molecule has 33 heavy (non-hydrogen) atoms. The second-order valence-corrected chi connectivity index (χ2v) is 8.71. The molecule has 0 fully saturated rings. The third-order valence-electron chi connectivity index (χ3n) is 5.83. The molecule has 1 atom stereocenters. The van der Waals surface area contributed by atoms with Crippen molar-refractivity contribution in [1.82, 2.24) is 14.4 Å². The largest absolute Gasteiger partial charge is 0.348 e. The van der Waals surface area contributed by atoms with E-state index in [0.717, 1.165) is 11.3 Å². The van der Waals surface area contributed by atoms with Crippen LogP contribution in [0.2, 0.25) is 5.02 Å². The quantitative estimate of drug-likeness (QED) is 0.562. The fourth-order valence-corrected chi connectivity index (χ4v) is 4.31. The molecule has 0 saturated heterocycles. The number of halogens is 2. The summed E-state index contributed by atoms with van der Waals surface area (Å²) in [6, 6.07) is 17.0. The van der Waals surface area contributed by atoms with E-state index < -0.39 is 11.8 Å². The van der Waals surface area contributed by atoms with Crippen LogP contribution in [0.25, 0.3) is 0 Å². The van der Waals surface area contributed by atoms with Crippen molar-refractivity contribution < 1.29 is 14.0 Å². The van der Waals surface area contributed by atoms with Crippen molar-refractivity contribution in [3.05, 3.63) is 89.0 Å². The first-order valence-corrected chi connectivity index (χ1v) is 11.2. The zero-order chi connectivity index (χ0) is 23.5. The first-order valence-electron chi connectivity index (χ1n) is 10.9. The Kier molecular flexibility index (Phi) is 6.70. The van der Waals surface area contributed by atoms with E-state index in [0.29, 0.717) is 18.8 Å². The van der Waals surface area contributed by atoms with Gasteiger partial charge in [0.2, 0.25) is 5.91 Å². The van der Waals surface area contributed by atoms with E-state index in [1.54, 1.807) is 0 Å². The number of anilines is 1. The third kappa shape index (κ3) is 4.88. The van der Waals surface area contributed by atoms with Crippen LogP contribution in [0.4, 0.5) is 14.9 Å². The van der Waals surface area contributed by atoms with Gasteiger partial charge in [-0.3, -0.25) is 4.79 Å². The number of hydrogen-bond acceptors (Lipinski definition) is 2. The van der Waals surface area contributed by atoms with Crippen molar-refractivity contribution in [2.24, 2.45) is 0 Å². The first kappa shape index (κ1) is 22.9. The van der Waals surface area contributed by atoms with E-state index in [9.17, 15) is 14.0 Å². The predicted octanol–water partition coefficient (Wildman–Crippen LogP) is 5.15. The zero-order valence-corrected chi connectivity index (χ0v) is 19.3. The molecule has 2 aromatic carbocycles. The molecule has 1 N–H and O–H groups in total. The van der Waals surface area contributed by atoms with E-state index in [1.165, 1.54) is 23.1 Å². The number of urea groups is 1. The fourth-order valence-electron chi connectivity index (χ4n) is 4.13. The summed E-state index contributed by atoms with van der Waals surface area (Å²) >= 11 is 5.83. The Morgan fingerprint density at radius 2 is 1.88 bits per heavy atom. The lowest BCUT2D eigenvalue weighted by molar-refractivity contribution is -0.134. The van der Waals surface area contributed by atoms with Crippen LogP contribution in [0.15, 0.2) is 66.9 Å². The van der Waals surface area contributed by atoms with Gasteiger partial charge in [-0.1, -0.05) is 41.9 Å². The van der Waals surface area contributed by atoms with E-state index in [-0.39, 0.29) is 29.6 Å². The second-order valence-electron chi connectivity index (χ2n) is 8.31. The van der Waals surface area contributed by atoms with Gasteiger partial charge >= 0.3 is 6.03 Å². The Labute approximate surface area is 197 Å². The molecule has 1 aliphatic rings. The van der Waals surface area contributed by atoms with Gasteiger partial charge in [0.05, 0.1) is 11.1 Å². The number of rotatable bonds is 5. The van der Waals surface area contributed by atoms with Gasteiger partial charge in [-0.25, -0.2) is 9.18 Å². The Balaban J connectivity index is 1.55. The Morgan fingerprint density at radius 1 is 1.12 bits per heavy atom. The van der Waals surface area contributed by atoms with Gasteiger partial charge in [0.15, 0.2) is 0 Å². The highest BCUT2D eigenvalue weighted by Gasteiger charge is 2.33. The number of carbonyl (C=O) groups is 2. The van der Waals surface area contributed by atoms with Crippen LogP contribution < -0.4 is 5.32 Å². The van der Waals surface area contributed by atoms with Gasteiger partial charge in [0.25, 0.3) is 0 Å². The molecule has 172 valence electrons. The van der Waals surface area contributed by atoms with Gasteiger partial charge in [-0.2, -0.15) is 0 Å². The van der Waals surface area contributed by atoms with Crippen molar-refractivity contribution in [3.63, 3.8) is 0 Å². The van der Waals surface area contributed by atoms with E-state index in [2.05, 4.69) is 9.88 Å². The van der Waals surface area contributed by atoms with Crippen LogP contribution in [0.1, 0.15) is 31.1 Å². The molecule has 0 radical (unpaired) electrons. The minimum atomic E-state index is -0.563. The van der Waals surface area contributed by atoms with E-state index in [1.807, 2.05) is 67.4 Å².